The summed E-state index contributed by atoms with van der Waals surface area (Å²) in [4.78, 5) is 0. The number of rotatable bonds is 6. The van der Waals surface area contributed by atoms with E-state index >= 15 is 0 Å². The lowest BCUT2D eigenvalue weighted by Crippen LogP contribution is -2.18. The summed E-state index contributed by atoms with van der Waals surface area (Å²) in [6.07, 6.45) is 0.878. The van der Waals surface area contributed by atoms with Crippen molar-refractivity contribution in [1.29, 1.82) is 0 Å². The van der Waals surface area contributed by atoms with E-state index in [9.17, 15) is 0 Å². The van der Waals surface area contributed by atoms with Gasteiger partial charge in [0.1, 0.15) is 10.0 Å². The molecule has 0 radical (unpaired) electrons. The number of benzene rings is 1. The zero-order chi connectivity index (χ0) is 13.7. The quantitative estimate of drug-likeness (QED) is 0.880. The average Bonchev–Trinajstić information content (AvgIpc) is 2.76. The van der Waals surface area contributed by atoms with Crippen LogP contribution in [0.5, 0.6) is 0 Å². The van der Waals surface area contributed by atoms with Crippen molar-refractivity contribution in [2.75, 3.05) is 6.54 Å². The van der Waals surface area contributed by atoms with Crippen LogP contribution in [0.3, 0.4) is 0 Å². The van der Waals surface area contributed by atoms with E-state index in [1.807, 2.05) is 0 Å². The summed E-state index contributed by atoms with van der Waals surface area (Å²) in [5.41, 5.74) is 2.60. The topological polar surface area (TPSA) is 37.8 Å². The molecule has 0 atom stereocenters. The molecule has 0 saturated carbocycles. The zero-order valence-corrected chi connectivity index (χ0v) is 12.6. The van der Waals surface area contributed by atoms with Gasteiger partial charge in [-0.3, -0.25) is 0 Å². The maximum absolute atomic E-state index is 4.27. The fourth-order valence-corrected chi connectivity index (χ4v) is 2.74. The first-order valence-electron chi connectivity index (χ1n) is 6.71. The highest BCUT2D eigenvalue weighted by atomic mass is 32.1. The molecule has 1 aromatic heterocycles. The Bertz CT molecular complexity index is 520. The van der Waals surface area contributed by atoms with Gasteiger partial charge < -0.3 is 5.32 Å². The highest BCUT2D eigenvalue weighted by molar-refractivity contribution is 7.11. The van der Waals surface area contributed by atoms with Crippen LogP contribution in [-0.2, 0) is 13.0 Å². The Hall–Kier alpha value is -1.26. The predicted molar refractivity (Wildman–Crippen MR) is 80.4 cm³/mol. The van der Waals surface area contributed by atoms with Crippen LogP contribution in [0.1, 0.15) is 35.0 Å². The summed E-state index contributed by atoms with van der Waals surface area (Å²) in [6, 6.07) is 8.56. The van der Waals surface area contributed by atoms with Crippen LogP contribution >= 0.6 is 11.3 Å². The number of hydrogen-bond donors (Lipinski definition) is 1. The third-order valence-corrected chi connectivity index (χ3v) is 3.70. The van der Waals surface area contributed by atoms with E-state index in [1.165, 1.54) is 11.1 Å². The number of hydrogen-bond acceptors (Lipinski definition) is 4. The van der Waals surface area contributed by atoms with E-state index in [2.05, 4.69) is 60.6 Å². The van der Waals surface area contributed by atoms with Crippen molar-refractivity contribution < 1.29 is 0 Å². The fourth-order valence-electron chi connectivity index (χ4n) is 1.90. The van der Waals surface area contributed by atoms with E-state index < -0.39 is 0 Å². The van der Waals surface area contributed by atoms with Crippen LogP contribution in [0, 0.1) is 12.8 Å². The Balaban J connectivity index is 1.90. The van der Waals surface area contributed by atoms with Gasteiger partial charge in [-0.1, -0.05) is 55.0 Å². The molecule has 0 aliphatic carbocycles. The van der Waals surface area contributed by atoms with Crippen molar-refractivity contribution in [3.8, 4) is 0 Å². The van der Waals surface area contributed by atoms with Gasteiger partial charge in [-0.2, -0.15) is 0 Å². The first kappa shape index (κ1) is 14.2. The second-order valence-electron chi connectivity index (χ2n) is 5.28. The molecule has 2 rings (SSSR count). The Kier molecular flexibility index (Phi) is 5.05. The third-order valence-electron chi connectivity index (χ3n) is 2.78. The van der Waals surface area contributed by atoms with Gasteiger partial charge in [-0.25, -0.2) is 0 Å². The van der Waals surface area contributed by atoms with Gasteiger partial charge in [0.2, 0.25) is 0 Å². The summed E-state index contributed by atoms with van der Waals surface area (Å²) in [5, 5.41) is 14.1. The highest BCUT2D eigenvalue weighted by Gasteiger charge is 2.05. The van der Waals surface area contributed by atoms with Crippen LogP contribution in [0.4, 0.5) is 0 Å². The molecule has 0 saturated heterocycles. The minimum absolute atomic E-state index is 0.666. The van der Waals surface area contributed by atoms with Gasteiger partial charge in [0.25, 0.3) is 0 Å². The van der Waals surface area contributed by atoms with E-state index in [0.717, 1.165) is 29.5 Å². The van der Waals surface area contributed by atoms with Crippen LogP contribution < -0.4 is 5.32 Å². The summed E-state index contributed by atoms with van der Waals surface area (Å²) in [6.45, 7) is 8.37. The van der Waals surface area contributed by atoms with Gasteiger partial charge in [0.05, 0.1) is 0 Å². The van der Waals surface area contributed by atoms with Crippen molar-refractivity contribution in [3.63, 3.8) is 0 Å². The molecule has 0 bridgehead atoms. The van der Waals surface area contributed by atoms with Crippen molar-refractivity contribution in [2.45, 2.75) is 33.7 Å². The van der Waals surface area contributed by atoms with Crippen molar-refractivity contribution in [3.05, 3.63) is 45.4 Å². The van der Waals surface area contributed by atoms with Crippen molar-refractivity contribution in [1.82, 2.24) is 15.5 Å². The lowest BCUT2D eigenvalue weighted by atomic mass is 10.1. The molecular weight excluding hydrogens is 254 g/mol. The van der Waals surface area contributed by atoms with Gasteiger partial charge in [0.15, 0.2) is 0 Å². The monoisotopic (exact) mass is 275 g/mol. The summed E-state index contributed by atoms with van der Waals surface area (Å²) >= 11 is 1.70. The summed E-state index contributed by atoms with van der Waals surface area (Å²) in [7, 11) is 0. The first-order valence-corrected chi connectivity index (χ1v) is 7.52. The van der Waals surface area contributed by atoms with Crippen LogP contribution in [0.25, 0.3) is 0 Å². The number of aromatic nitrogens is 2. The largest absolute Gasteiger partial charge is 0.310 e. The van der Waals surface area contributed by atoms with Crippen LogP contribution in [0.2, 0.25) is 0 Å². The second-order valence-corrected chi connectivity index (χ2v) is 6.43. The Morgan fingerprint density at radius 1 is 1.21 bits per heavy atom. The average molecular weight is 275 g/mol. The molecule has 102 valence electrons. The molecule has 2 aromatic rings. The van der Waals surface area contributed by atoms with Crippen molar-refractivity contribution >= 4 is 11.3 Å². The van der Waals surface area contributed by atoms with E-state index in [-0.39, 0.29) is 0 Å². The molecule has 0 unspecified atom stereocenters. The fraction of sp³-hybridized carbons (Fsp3) is 0.467. The van der Waals surface area contributed by atoms with Gasteiger partial charge >= 0.3 is 0 Å². The normalized spacial score (nSPS) is 11.2. The smallest absolute Gasteiger partial charge is 0.131 e. The van der Waals surface area contributed by atoms with Gasteiger partial charge in [0, 0.05) is 13.0 Å². The Labute approximate surface area is 119 Å². The third kappa shape index (κ3) is 4.73. The molecule has 1 N–H and O–H groups in total. The van der Waals surface area contributed by atoms with Gasteiger partial charge in [-0.05, 0) is 24.9 Å². The van der Waals surface area contributed by atoms with Crippen molar-refractivity contribution in [2.24, 2.45) is 5.92 Å². The van der Waals surface area contributed by atoms with E-state index in [0.29, 0.717) is 5.92 Å². The van der Waals surface area contributed by atoms with E-state index in [1.54, 1.807) is 11.3 Å². The summed E-state index contributed by atoms with van der Waals surface area (Å²) in [5.74, 6) is 0.666. The maximum Gasteiger partial charge on any atom is 0.131 e. The number of aryl methyl sites for hydroxylation is 1. The standard InChI is InChI=1S/C15H21N3S/c1-11(2)9-16-10-15-18-17-14(19-15)8-13-6-4-5-12(3)7-13/h4-7,11,16H,8-10H2,1-3H3. The SMILES string of the molecule is Cc1cccc(Cc2nnc(CNCC(C)C)s2)c1. The lowest BCUT2D eigenvalue weighted by Gasteiger charge is -2.04. The molecule has 19 heavy (non-hydrogen) atoms. The predicted octanol–water partition coefficient (Wildman–Crippen LogP) is 3.18. The highest BCUT2D eigenvalue weighted by Crippen LogP contribution is 2.15. The van der Waals surface area contributed by atoms with Crippen LogP contribution in [0.15, 0.2) is 24.3 Å². The first-order chi connectivity index (χ1) is 9.13. The minimum Gasteiger partial charge on any atom is -0.310 e. The molecule has 3 nitrogen and oxygen atoms in total. The van der Waals surface area contributed by atoms with E-state index in [4.69, 9.17) is 0 Å². The number of nitrogens with zero attached hydrogens (tertiary/aromatic N) is 2. The van der Waals surface area contributed by atoms with Crippen LogP contribution in [-0.4, -0.2) is 16.7 Å². The van der Waals surface area contributed by atoms with Gasteiger partial charge in [-0.15, -0.1) is 10.2 Å². The lowest BCUT2D eigenvalue weighted by molar-refractivity contribution is 0.550. The zero-order valence-electron chi connectivity index (χ0n) is 11.8. The molecule has 0 spiro atoms. The second kappa shape index (κ2) is 6.78. The molecule has 1 heterocycles. The molecular formula is C15H21N3S. The minimum atomic E-state index is 0.666. The molecule has 0 amide bonds. The molecule has 1 aromatic carbocycles. The Morgan fingerprint density at radius 3 is 2.74 bits per heavy atom. The molecule has 0 aliphatic rings. The summed E-state index contributed by atoms with van der Waals surface area (Å²) < 4.78 is 0. The molecule has 0 aliphatic heterocycles. The maximum atomic E-state index is 4.27. The molecule has 0 fully saturated rings. The Morgan fingerprint density at radius 2 is 2.00 bits per heavy atom. The molecule has 4 heteroatoms. The number of nitrogens with one attached hydrogen (secondary N) is 1.